The number of benzene rings is 4. The lowest BCUT2D eigenvalue weighted by Gasteiger charge is -2.13. The van der Waals surface area contributed by atoms with Crippen LogP contribution in [0.15, 0.2) is 95.9 Å². The monoisotopic (exact) mass is 566 g/mol. The molecule has 2 N–H and O–H groups in total. The van der Waals surface area contributed by atoms with E-state index in [1.54, 1.807) is 43.5 Å². The van der Waals surface area contributed by atoms with E-state index in [-0.39, 0.29) is 11.6 Å². The van der Waals surface area contributed by atoms with Crippen LogP contribution in [0.2, 0.25) is 5.02 Å². The molecule has 4 aromatic carbocycles. The highest BCUT2D eigenvalue weighted by Gasteiger charge is 2.10. The SMILES string of the molecule is CC.CC(=O)c1ccccc1Cl.CCCNc1cccc(NSc2cc(-c3ccccc3F)ccc2OC)c1. The zero-order chi connectivity index (χ0) is 28.6. The molecule has 0 aliphatic rings. The van der Waals surface area contributed by atoms with Crippen LogP contribution in [0.4, 0.5) is 15.8 Å². The van der Waals surface area contributed by atoms with Gasteiger partial charge in [-0.2, -0.15) is 0 Å². The molecule has 0 bridgehead atoms. The van der Waals surface area contributed by atoms with E-state index in [0.717, 1.165) is 40.5 Å². The quantitative estimate of drug-likeness (QED) is 0.156. The van der Waals surface area contributed by atoms with Gasteiger partial charge in [0.05, 0.1) is 17.0 Å². The van der Waals surface area contributed by atoms with Crippen LogP contribution in [-0.2, 0) is 0 Å². The van der Waals surface area contributed by atoms with Crippen LogP contribution in [0.5, 0.6) is 5.75 Å². The summed E-state index contributed by atoms with van der Waals surface area (Å²) >= 11 is 7.15. The standard InChI is InChI=1S/C22H23FN2OS.C8H7ClO.C2H6/c1-3-13-24-17-7-6-8-18(15-17)25-27-22-14-16(11-12-21(22)26-2)19-9-4-5-10-20(19)23;1-6(10)7-4-2-3-5-8(7)9;1-2/h4-12,14-15,24-25H,3,13H2,1-2H3;2-5H,1H3;1-2H3. The highest BCUT2D eigenvalue weighted by atomic mass is 35.5. The number of carbonyl (C=O) groups is 1. The van der Waals surface area contributed by atoms with Gasteiger partial charge in [-0.25, -0.2) is 4.39 Å². The van der Waals surface area contributed by atoms with Crippen LogP contribution in [0.25, 0.3) is 11.1 Å². The summed E-state index contributed by atoms with van der Waals surface area (Å²) in [5, 5.41) is 3.90. The van der Waals surface area contributed by atoms with Gasteiger partial charge < -0.3 is 14.8 Å². The molecule has 0 heterocycles. The van der Waals surface area contributed by atoms with E-state index in [0.29, 0.717) is 16.1 Å². The van der Waals surface area contributed by atoms with E-state index in [1.807, 2.05) is 56.3 Å². The highest BCUT2D eigenvalue weighted by Crippen LogP contribution is 2.35. The molecular weight excluding hydrogens is 531 g/mol. The molecule has 0 radical (unpaired) electrons. The zero-order valence-corrected chi connectivity index (χ0v) is 24.6. The Morgan fingerprint density at radius 1 is 0.923 bits per heavy atom. The van der Waals surface area contributed by atoms with E-state index in [9.17, 15) is 9.18 Å². The second kappa shape index (κ2) is 17.2. The summed E-state index contributed by atoms with van der Waals surface area (Å²) in [7, 11) is 1.64. The number of hydrogen-bond acceptors (Lipinski definition) is 5. The molecule has 0 amide bonds. The van der Waals surface area contributed by atoms with E-state index >= 15 is 0 Å². The van der Waals surface area contributed by atoms with Crippen molar-refractivity contribution in [3.05, 3.63) is 107 Å². The van der Waals surface area contributed by atoms with Gasteiger partial charge in [0, 0.05) is 29.0 Å². The van der Waals surface area contributed by atoms with Gasteiger partial charge in [-0.1, -0.05) is 74.8 Å². The third-order valence-electron chi connectivity index (χ3n) is 5.32. The number of carbonyl (C=O) groups excluding carboxylic acids is 1. The number of ether oxygens (including phenoxy) is 1. The number of nitrogens with one attached hydrogen (secondary N) is 2. The molecular formula is C32H36ClFN2O2S. The maximum absolute atomic E-state index is 14.1. The number of rotatable bonds is 9. The summed E-state index contributed by atoms with van der Waals surface area (Å²) in [5.74, 6) is 0.514. The first-order valence-corrected chi connectivity index (χ1v) is 14.1. The summed E-state index contributed by atoms with van der Waals surface area (Å²) in [4.78, 5) is 11.7. The van der Waals surface area contributed by atoms with Gasteiger partial charge in [0.15, 0.2) is 5.78 Å². The highest BCUT2D eigenvalue weighted by molar-refractivity contribution is 8.00. The second-order valence-electron chi connectivity index (χ2n) is 8.09. The molecule has 0 atom stereocenters. The van der Waals surface area contributed by atoms with E-state index in [4.69, 9.17) is 16.3 Å². The number of methoxy groups -OCH3 is 1. The Morgan fingerprint density at radius 2 is 1.62 bits per heavy atom. The van der Waals surface area contributed by atoms with Crippen LogP contribution in [0, 0.1) is 5.82 Å². The smallest absolute Gasteiger partial charge is 0.161 e. The van der Waals surface area contributed by atoms with Crippen LogP contribution < -0.4 is 14.8 Å². The molecule has 0 aliphatic carbocycles. The fourth-order valence-corrected chi connectivity index (χ4v) is 4.50. The normalized spacial score (nSPS) is 9.82. The number of Topliss-reactive ketones (excluding diaryl/α,β-unsaturated/α-hetero) is 1. The van der Waals surface area contributed by atoms with Crippen LogP contribution >= 0.6 is 23.5 Å². The summed E-state index contributed by atoms with van der Waals surface area (Å²) in [6.07, 6.45) is 1.08. The van der Waals surface area contributed by atoms with Crippen LogP contribution in [-0.4, -0.2) is 19.4 Å². The average molecular weight is 567 g/mol. The molecule has 0 unspecified atom stereocenters. The fourth-order valence-electron chi connectivity index (χ4n) is 3.44. The molecule has 39 heavy (non-hydrogen) atoms. The summed E-state index contributed by atoms with van der Waals surface area (Å²) in [5.41, 5.74) is 4.04. The van der Waals surface area contributed by atoms with E-state index < -0.39 is 0 Å². The Kier molecular flexibility index (Phi) is 14.0. The van der Waals surface area contributed by atoms with Crippen molar-refractivity contribution in [2.75, 3.05) is 23.7 Å². The maximum atomic E-state index is 14.1. The zero-order valence-electron chi connectivity index (χ0n) is 23.1. The van der Waals surface area contributed by atoms with Crippen molar-refractivity contribution in [1.29, 1.82) is 0 Å². The molecule has 206 valence electrons. The van der Waals surface area contributed by atoms with Gasteiger partial charge in [-0.15, -0.1) is 0 Å². The topological polar surface area (TPSA) is 50.4 Å². The van der Waals surface area contributed by atoms with Crippen molar-refractivity contribution in [3.63, 3.8) is 0 Å². The molecule has 7 heteroatoms. The third kappa shape index (κ3) is 9.97. The molecule has 4 aromatic rings. The maximum Gasteiger partial charge on any atom is 0.161 e. The van der Waals surface area contributed by atoms with Crippen molar-refractivity contribution in [2.45, 2.75) is 39.0 Å². The Balaban J connectivity index is 0.000000372. The van der Waals surface area contributed by atoms with Gasteiger partial charge in [0.2, 0.25) is 0 Å². The molecule has 0 aliphatic heterocycles. The molecule has 0 aromatic heterocycles. The van der Waals surface area contributed by atoms with Crippen molar-refractivity contribution in [1.82, 2.24) is 0 Å². The first kappa shape index (κ1) is 31.7. The lowest BCUT2D eigenvalue weighted by atomic mass is 10.1. The minimum atomic E-state index is -0.235. The molecule has 0 fully saturated rings. The van der Waals surface area contributed by atoms with Gasteiger partial charge in [-0.05, 0) is 79.4 Å². The Morgan fingerprint density at radius 3 is 2.26 bits per heavy atom. The fraction of sp³-hybridized carbons (Fsp3) is 0.219. The molecule has 4 nitrogen and oxygen atoms in total. The number of halogens is 2. The minimum absolute atomic E-state index is 0.00519. The number of hydrogen-bond donors (Lipinski definition) is 2. The largest absolute Gasteiger partial charge is 0.496 e. The minimum Gasteiger partial charge on any atom is -0.496 e. The molecule has 0 saturated heterocycles. The Labute approximate surface area is 241 Å². The number of anilines is 2. The van der Waals surface area contributed by atoms with Gasteiger partial charge in [0.1, 0.15) is 11.6 Å². The van der Waals surface area contributed by atoms with Gasteiger partial charge >= 0.3 is 0 Å². The Bertz CT molecular complexity index is 1330. The van der Waals surface area contributed by atoms with E-state index in [1.165, 1.54) is 24.9 Å². The molecule has 0 saturated carbocycles. The predicted octanol–water partition coefficient (Wildman–Crippen LogP) is 10.0. The first-order chi connectivity index (χ1) is 18.9. The summed E-state index contributed by atoms with van der Waals surface area (Å²) in [6, 6.07) is 27.6. The molecule has 0 spiro atoms. The summed E-state index contributed by atoms with van der Waals surface area (Å²) < 4.78 is 22.9. The number of ketones is 1. The third-order valence-corrected chi connectivity index (χ3v) is 6.53. The van der Waals surface area contributed by atoms with Crippen molar-refractivity contribution in [3.8, 4) is 16.9 Å². The molecule has 4 rings (SSSR count). The lowest BCUT2D eigenvalue weighted by Crippen LogP contribution is -1.99. The van der Waals surface area contributed by atoms with Gasteiger partial charge in [0.25, 0.3) is 0 Å². The van der Waals surface area contributed by atoms with Crippen molar-refractivity contribution in [2.24, 2.45) is 0 Å². The Hall–Kier alpha value is -3.48. The average Bonchev–Trinajstić information content (AvgIpc) is 2.97. The lowest BCUT2D eigenvalue weighted by molar-refractivity contribution is 0.101. The van der Waals surface area contributed by atoms with E-state index in [2.05, 4.69) is 23.0 Å². The van der Waals surface area contributed by atoms with Crippen LogP contribution in [0.1, 0.15) is 44.5 Å². The van der Waals surface area contributed by atoms with Crippen molar-refractivity contribution >= 4 is 40.7 Å². The second-order valence-corrected chi connectivity index (χ2v) is 9.35. The van der Waals surface area contributed by atoms with Crippen LogP contribution in [0.3, 0.4) is 0 Å². The predicted molar refractivity (Wildman–Crippen MR) is 166 cm³/mol. The summed E-state index contributed by atoms with van der Waals surface area (Å²) in [6.45, 7) is 8.58. The first-order valence-electron chi connectivity index (χ1n) is 12.9. The van der Waals surface area contributed by atoms with Crippen molar-refractivity contribution < 1.29 is 13.9 Å². The van der Waals surface area contributed by atoms with Gasteiger partial charge in [-0.3, -0.25) is 4.79 Å².